The monoisotopic (exact) mass is 272 g/mol. The summed E-state index contributed by atoms with van der Waals surface area (Å²) in [5, 5.41) is 3.45. The molecule has 4 heteroatoms. The van der Waals surface area contributed by atoms with E-state index in [0.717, 1.165) is 36.8 Å². The van der Waals surface area contributed by atoms with Gasteiger partial charge in [-0.1, -0.05) is 18.6 Å². The summed E-state index contributed by atoms with van der Waals surface area (Å²) in [6, 6.07) is 8.32. The molecule has 4 nitrogen and oxygen atoms in total. The van der Waals surface area contributed by atoms with Crippen LogP contribution < -0.4 is 10.1 Å². The SMILES string of the molecule is COc1cccc(Cc2cnc(C3CCCCN3)o2)c1. The van der Waals surface area contributed by atoms with Crippen molar-refractivity contribution in [1.82, 2.24) is 10.3 Å². The zero-order valence-electron chi connectivity index (χ0n) is 11.8. The maximum atomic E-state index is 5.89. The zero-order valence-corrected chi connectivity index (χ0v) is 11.8. The lowest BCUT2D eigenvalue weighted by Gasteiger charge is -2.20. The van der Waals surface area contributed by atoms with E-state index in [1.54, 1.807) is 7.11 Å². The Labute approximate surface area is 119 Å². The molecule has 1 N–H and O–H groups in total. The van der Waals surface area contributed by atoms with Crippen molar-refractivity contribution in [2.45, 2.75) is 31.7 Å². The van der Waals surface area contributed by atoms with Crippen LogP contribution in [0, 0.1) is 0 Å². The minimum Gasteiger partial charge on any atom is -0.497 e. The second-order valence-electron chi connectivity index (χ2n) is 5.20. The fourth-order valence-corrected chi connectivity index (χ4v) is 2.61. The van der Waals surface area contributed by atoms with Gasteiger partial charge in [-0.25, -0.2) is 4.98 Å². The molecule has 1 aliphatic rings. The molecule has 1 saturated heterocycles. The molecule has 2 aromatic rings. The van der Waals surface area contributed by atoms with Crippen molar-refractivity contribution in [2.75, 3.05) is 13.7 Å². The Bertz CT molecular complexity index is 559. The summed E-state index contributed by atoms with van der Waals surface area (Å²) in [4.78, 5) is 4.42. The third kappa shape index (κ3) is 3.02. The Hall–Kier alpha value is -1.81. The van der Waals surface area contributed by atoms with Gasteiger partial charge in [0.15, 0.2) is 0 Å². The van der Waals surface area contributed by atoms with Crippen LogP contribution in [0.4, 0.5) is 0 Å². The van der Waals surface area contributed by atoms with E-state index >= 15 is 0 Å². The molecule has 3 rings (SSSR count). The summed E-state index contributed by atoms with van der Waals surface area (Å²) < 4.78 is 11.1. The second-order valence-corrected chi connectivity index (χ2v) is 5.20. The highest BCUT2D eigenvalue weighted by Gasteiger charge is 2.19. The van der Waals surface area contributed by atoms with Gasteiger partial charge in [-0.3, -0.25) is 0 Å². The average Bonchev–Trinajstić information content (AvgIpc) is 2.97. The predicted molar refractivity (Wildman–Crippen MR) is 76.9 cm³/mol. The van der Waals surface area contributed by atoms with Gasteiger partial charge in [0.2, 0.25) is 5.89 Å². The minimum absolute atomic E-state index is 0.280. The predicted octanol–water partition coefficient (Wildman–Crippen LogP) is 3.09. The number of rotatable bonds is 4. The number of aromatic nitrogens is 1. The minimum atomic E-state index is 0.280. The molecule has 2 heterocycles. The molecule has 0 bridgehead atoms. The molecule has 0 saturated carbocycles. The molecule has 1 aromatic heterocycles. The number of ether oxygens (including phenoxy) is 1. The van der Waals surface area contributed by atoms with Crippen LogP contribution in [0.15, 0.2) is 34.9 Å². The van der Waals surface area contributed by atoms with Crippen molar-refractivity contribution in [3.05, 3.63) is 47.7 Å². The van der Waals surface area contributed by atoms with E-state index < -0.39 is 0 Å². The molecule has 0 spiro atoms. The molecule has 0 amide bonds. The van der Waals surface area contributed by atoms with Crippen LogP contribution >= 0.6 is 0 Å². The normalized spacial score (nSPS) is 18.9. The Kier molecular flexibility index (Phi) is 4.02. The third-order valence-corrected chi connectivity index (χ3v) is 3.69. The maximum Gasteiger partial charge on any atom is 0.211 e. The number of nitrogens with zero attached hydrogens (tertiary/aromatic N) is 1. The number of hydrogen-bond acceptors (Lipinski definition) is 4. The van der Waals surface area contributed by atoms with Crippen LogP contribution in [0.3, 0.4) is 0 Å². The van der Waals surface area contributed by atoms with E-state index in [-0.39, 0.29) is 6.04 Å². The van der Waals surface area contributed by atoms with Crippen molar-refractivity contribution >= 4 is 0 Å². The summed E-state index contributed by atoms with van der Waals surface area (Å²) in [6.07, 6.45) is 6.18. The van der Waals surface area contributed by atoms with E-state index in [9.17, 15) is 0 Å². The van der Waals surface area contributed by atoms with E-state index in [4.69, 9.17) is 9.15 Å². The highest BCUT2D eigenvalue weighted by Crippen LogP contribution is 2.24. The van der Waals surface area contributed by atoms with Gasteiger partial charge < -0.3 is 14.5 Å². The Morgan fingerprint density at radius 1 is 1.40 bits per heavy atom. The average molecular weight is 272 g/mol. The molecule has 1 unspecified atom stereocenters. The fourth-order valence-electron chi connectivity index (χ4n) is 2.61. The molecular weight excluding hydrogens is 252 g/mol. The van der Waals surface area contributed by atoms with Crippen molar-refractivity contribution in [2.24, 2.45) is 0 Å². The van der Waals surface area contributed by atoms with Crippen LogP contribution in [-0.4, -0.2) is 18.6 Å². The highest BCUT2D eigenvalue weighted by atomic mass is 16.5. The number of methoxy groups -OCH3 is 1. The van der Waals surface area contributed by atoms with Gasteiger partial charge in [0.1, 0.15) is 11.5 Å². The van der Waals surface area contributed by atoms with E-state index in [1.807, 2.05) is 24.4 Å². The quantitative estimate of drug-likeness (QED) is 0.929. The van der Waals surface area contributed by atoms with Gasteiger partial charge in [-0.2, -0.15) is 0 Å². The third-order valence-electron chi connectivity index (χ3n) is 3.69. The summed E-state index contributed by atoms with van der Waals surface area (Å²) in [5.74, 6) is 2.60. The summed E-state index contributed by atoms with van der Waals surface area (Å²) in [7, 11) is 1.68. The number of oxazole rings is 1. The summed E-state index contributed by atoms with van der Waals surface area (Å²) in [6.45, 7) is 1.05. The van der Waals surface area contributed by atoms with Gasteiger partial charge in [-0.05, 0) is 37.1 Å². The number of nitrogens with one attached hydrogen (secondary N) is 1. The van der Waals surface area contributed by atoms with Gasteiger partial charge in [0, 0.05) is 6.42 Å². The standard InChI is InChI=1S/C16H20N2O2/c1-19-13-6-4-5-12(9-13)10-14-11-18-16(20-14)15-7-2-3-8-17-15/h4-6,9,11,15,17H,2-3,7-8,10H2,1H3. The van der Waals surface area contributed by atoms with Gasteiger partial charge in [-0.15, -0.1) is 0 Å². The topological polar surface area (TPSA) is 47.3 Å². The molecule has 1 atom stereocenters. The Morgan fingerprint density at radius 2 is 2.35 bits per heavy atom. The first-order valence-electron chi connectivity index (χ1n) is 7.16. The summed E-state index contributed by atoms with van der Waals surface area (Å²) >= 11 is 0. The van der Waals surface area contributed by atoms with Crippen LogP contribution in [0.2, 0.25) is 0 Å². The van der Waals surface area contributed by atoms with Crippen LogP contribution in [0.1, 0.15) is 42.5 Å². The lowest BCUT2D eigenvalue weighted by molar-refractivity contribution is 0.331. The van der Waals surface area contributed by atoms with Crippen LogP contribution in [-0.2, 0) is 6.42 Å². The van der Waals surface area contributed by atoms with Crippen LogP contribution in [0.25, 0.3) is 0 Å². The largest absolute Gasteiger partial charge is 0.497 e. The lowest BCUT2D eigenvalue weighted by Crippen LogP contribution is -2.26. The molecule has 1 fully saturated rings. The molecule has 0 radical (unpaired) electrons. The number of benzene rings is 1. The van der Waals surface area contributed by atoms with Crippen molar-refractivity contribution < 1.29 is 9.15 Å². The molecule has 0 aliphatic carbocycles. The molecule has 106 valence electrons. The first kappa shape index (κ1) is 13.2. The van der Waals surface area contributed by atoms with Gasteiger partial charge >= 0.3 is 0 Å². The molecule has 1 aliphatic heterocycles. The first-order valence-corrected chi connectivity index (χ1v) is 7.16. The smallest absolute Gasteiger partial charge is 0.211 e. The Morgan fingerprint density at radius 3 is 3.15 bits per heavy atom. The van der Waals surface area contributed by atoms with Crippen molar-refractivity contribution in [1.29, 1.82) is 0 Å². The highest BCUT2D eigenvalue weighted by molar-refractivity contribution is 5.30. The lowest BCUT2D eigenvalue weighted by atomic mass is 10.1. The zero-order chi connectivity index (χ0) is 13.8. The molecule has 1 aromatic carbocycles. The van der Waals surface area contributed by atoms with Crippen molar-refractivity contribution in [3.8, 4) is 5.75 Å². The van der Waals surface area contributed by atoms with Crippen LogP contribution in [0.5, 0.6) is 5.75 Å². The fraction of sp³-hybridized carbons (Fsp3) is 0.438. The number of hydrogen-bond donors (Lipinski definition) is 1. The van der Waals surface area contributed by atoms with E-state index in [1.165, 1.54) is 18.4 Å². The van der Waals surface area contributed by atoms with E-state index in [2.05, 4.69) is 16.4 Å². The maximum absolute atomic E-state index is 5.89. The number of piperidine rings is 1. The van der Waals surface area contributed by atoms with Crippen molar-refractivity contribution in [3.63, 3.8) is 0 Å². The van der Waals surface area contributed by atoms with E-state index in [0.29, 0.717) is 0 Å². The second kappa shape index (κ2) is 6.09. The first-order chi connectivity index (χ1) is 9.85. The molecule has 20 heavy (non-hydrogen) atoms. The summed E-state index contributed by atoms with van der Waals surface area (Å²) in [5.41, 5.74) is 1.17. The van der Waals surface area contributed by atoms with Gasteiger partial charge in [0.05, 0.1) is 19.3 Å². The Balaban J connectivity index is 1.70. The molecular formula is C16H20N2O2. The van der Waals surface area contributed by atoms with Gasteiger partial charge in [0.25, 0.3) is 0 Å².